The highest BCUT2D eigenvalue weighted by atomic mass is 79.9. The van der Waals surface area contributed by atoms with E-state index in [1.165, 1.54) is 11.3 Å². The molecule has 78 valence electrons. The van der Waals surface area contributed by atoms with Crippen molar-refractivity contribution in [1.29, 1.82) is 0 Å². The van der Waals surface area contributed by atoms with Crippen molar-refractivity contribution < 1.29 is 0 Å². The summed E-state index contributed by atoms with van der Waals surface area (Å²) in [6.07, 6.45) is 3.65. The quantitative estimate of drug-likeness (QED) is 0.689. The summed E-state index contributed by atoms with van der Waals surface area (Å²) >= 11 is 4.86. The molecule has 1 aromatic carbocycles. The van der Waals surface area contributed by atoms with E-state index >= 15 is 0 Å². The molecule has 0 spiro atoms. The summed E-state index contributed by atoms with van der Waals surface area (Å²) in [5.74, 6) is 0. The van der Waals surface area contributed by atoms with E-state index in [-0.39, 0.29) is 0 Å². The van der Waals surface area contributed by atoms with Crippen LogP contribution in [-0.4, -0.2) is 15.2 Å². The molecule has 2 heterocycles. The van der Waals surface area contributed by atoms with Gasteiger partial charge in [-0.15, -0.1) is 10.2 Å². The highest BCUT2D eigenvalue weighted by Gasteiger charge is 2.08. The van der Waals surface area contributed by atoms with Gasteiger partial charge in [-0.05, 0) is 27.4 Å². The Balaban J connectivity index is 2.31. The van der Waals surface area contributed by atoms with E-state index < -0.39 is 0 Å². The second-order valence-corrected chi connectivity index (χ2v) is 5.52. The van der Waals surface area contributed by atoms with Gasteiger partial charge >= 0.3 is 0 Å². The number of halogens is 1. The highest BCUT2D eigenvalue weighted by molar-refractivity contribution is 9.11. The first kappa shape index (κ1) is 9.86. The Morgan fingerprint density at radius 3 is 2.88 bits per heavy atom. The predicted molar refractivity (Wildman–Crippen MR) is 68.3 cm³/mol. The first-order valence-electron chi connectivity index (χ1n) is 4.67. The molecule has 0 saturated carbocycles. The first-order valence-corrected chi connectivity index (χ1v) is 6.28. The lowest BCUT2D eigenvalue weighted by atomic mass is 10.1. The lowest BCUT2D eigenvalue weighted by molar-refractivity contribution is 1.08. The average Bonchev–Trinajstić information content (AvgIpc) is 2.75. The molecular weight excluding hydrogens is 286 g/mol. The van der Waals surface area contributed by atoms with Gasteiger partial charge < -0.3 is 0 Å². The number of hydrogen-bond acceptors (Lipinski definition) is 4. The van der Waals surface area contributed by atoms with Crippen molar-refractivity contribution in [2.45, 2.75) is 0 Å². The van der Waals surface area contributed by atoms with Crippen LogP contribution in [0.2, 0.25) is 0 Å². The van der Waals surface area contributed by atoms with E-state index in [4.69, 9.17) is 0 Å². The Bertz CT molecular complexity index is 645. The van der Waals surface area contributed by atoms with Gasteiger partial charge in [0.25, 0.3) is 0 Å². The fourth-order valence-corrected chi connectivity index (χ4v) is 2.77. The van der Waals surface area contributed by atoms with Crippen molar-refractivity contribution in [2.75, 3.05) is 0 Å². The van der Waals surface area contributed by atoms with Crippen molar-refractivity contribution in [3.63, 3.8) is 0 Å². The number of fused-ring (bicyclic) bond motifs is 1. The van der Waals surface area contributed by atoms with Gasteiger partial charge in [0.1, 0.15) is 5.01 Å². The van der Waals surface area contributed by atoms with Gasteiger partial charge in [-0.25, -0.2) is 0 Å². The maximum Gasteiger partial charge on any atom is 0.183 e. The average molecular weight is 292 g/mol. The lowest BCUT2D eigenvalue weighted by Gasteiger charge is -2.01. The van der Waals surface area contributed by atoms with Crippen molar-refractivity contribution >= 4 is 38.0 Å². The third kappa shape index (κ3) is 1.62. The van der Waals surface area contributed by atoms with E-state index in [1.807, 2.05) is 24.4 Å². The number of rotatable bonds is 1. The topological polar surface area (TPSA) is 38.7 Å². The Morgan fingerprint density at radius 2 is 2.06 bits per heavy atom. The molecule has 0 atom stereocenters. The summed E-state index contributed by atoms with van der Waals surface area (Å²) in [6, 6.07) is 8.10. The zero-order valence-electron chi connectivity index (χ0n) is 8.09. The highest BCUT2D eigenvalue weighted by Crippen LogP contribution is 2.31. The van der Waals surface area contributed by atoms with Gasteiger partial charge in [0, 0.05) is 23.3 Å². The molecule has 2 aromatic heterocycles. The van der Waals surface area contributed by atoms with E-state index in [1.54, 1.807) is 6.20 Å². The van der Waals surface area contributed by atoms with Crippen LogP contribution in [0.5, 0.6) is 0 Å². The van der Waals surface area contributed by atoms with Crippen LogP contribution in [0, 0.1) is 0 Å². The number of aromatic nitrogens is 3. The minimum absolute atomic E-state index is 0.800. The van der Waals surface area contributed by atoms with Gasteiger partial charge in [0.05, 0.1) is 0 Å². The first-order chi connectivity index (χ1) is 7.84. The third-order valence-electron chi connectivity index (χ3n) is 2.31. The Kier molecular flexibility index (Phi) is 2.41. The van der Waals surface area contributed by atoms with E-state index in [0.29, 0.717) is 0 Å². The molecule has 0 aliphatic heterocycles. The molecule has 0 radical (unpaired) electrons. The molecule has 3 aromatic rings. The summed E-state index contributed by atoms with van der Waals surface area (Å²) < 4.78 is 0.800. The van der Waals surface area contributed by atoms with Gasteiger partial charge in [0.2, 0.25) is 0 Å². The van der Waals surface area contributed by atoms with Gasteiger partial charge in [-0.3, -0.25) is 4.98 Å². The van der Waals surface area contributed by atoms with Crippen molar-refractivity contribution in [3.05, 3.63) is 40.6 Å². The maximum atomic E-state index is 4.14. The van der Waals surface area contributed by atoms with Crippen LogP contribution in [0.3, 0.4) is 0 Å². The van der Waals surface area contributed by atoms with Crippen molar-refractivity contribution in [3.8, 4) is 10.6 Å². The number of nitrogens with zero attached hydrogens (tertiary/aromatic N) is 3. The van der Waals surface area contributed by atoms with Crippen molar-refractivity contribution in [2.24, 2.45) is 0 Å². The second-order valence-electron chi connectivity index (χ2n) is 3.26. The second kappa shape index (κ2) is 3.92. The molecule has 5 heteroatoms. The molecule has 0 bridgehead atoms. The minimum Gasteiger partial charge on any atom is -0.264 e. The summed E-state index contributed by atoms with van der Waals surface area (Å²) in [6.45, 7) is 0. The SMILES string of the molecule is Brc1nnc(-c2cccc3cnccc23)s1. The molecule has 3 rings (SSSR count). The Hall–Kier alpha value is -1.33. The van der Waals surface area contributed by atoms with Gasteiger partial charge in [0.15, 0.2) is 3.92 Å². The van der Waals surface area contributed by atoms with Crippen LogP contribution in [0.15, 0.2) is 40.6 Å². The molecule has 0 aliphatic carbocycles. The van der Waals surface area contributed by atoms with Gasteiger partial charge in [-0.1, -0.05) is 29.5 Å². The molecule has 0 fully saturated rings. The monoisotopic (exact) mass is 291 g/mol. The fraction of sp³-hybridized carbons (Fsp3) is 0. The molecule has 0 unspecified atom stereocenters. The van der Waals surface area contributed by atoms with Crippen LogP contribution < -0.4 is 0 Å². The molecule has 0 amide bonds. The van der Waals surface area contributed by atoms with Crippen LogP contribution in [0.25, 0.3) is 21.3 Å². The number of hydrogen-bond donors (Lipinski definition) is 0. The fourth-order valence-electron chi connectivity index (χ4n) is 1.62. The molecule has 0 aliphatic rings. The summed E-state index contributed by atoms with van der Waals surface area (Å²) in [4.78, 5) is 4.11. The van der Waals surface area contributed by atoms with Crippen LogP contribution in [0.1, 0.15) is 0 Å². The number of pyridine rings is 1. The molecule has 0 N–H and O–H groups in total. The van der Waals surface area contributed by atoms with Crippen molar-refractivity contribution in [1.82, 2.24) is 15.2 Å². The lowest BCUT2D eigenvalue weighted by Crippen LogP contribution is -1.81. The minimum atomic E-state index is 0.800. The summed E-state index contributed by atoms with van der Waals surface area (Å²) in [5, 5.41) is 11.3. The van der Waals surface area contributed by atoms with Crippen LogP contribution in [0.4, 0.5) is 0 Å². The number of benzene rings is 1. The van der Waals surface area contributed by atoms with Gasteiger partial charge in [-0.2, -0.15) is 0 Å². The largest absolute Gasteiger partial charge is 0.264 e. The summed E-state index contributed by atoms with van der Waals surface area (Å²) in [5.41, 5.74) is 1.10. The van der Waals surface area contributed by atoms with E-state index in [0.717, 1.165) is 25.3 Å². The standard InChI is InChI=1S/C11H6BrN3S/c12-11-15-14-10(16-11)9-3-1-2-7-6-13-5-4-8(7)9/h1-6H. The smallest absolute Gasteiger partial charge is 0.183 e. The zero-order valence-corrected chi connectivity index (χ0v) is 10.5. The van der Waals surface area contributed by atoms with Crippen LogP contribution >= 0.6 is 27.3 Å². The maximum absolute atomic E-state index is 4.14. The van der Waals surface area contributed by atoms with Crippen LogP contribution in [-0.2, 0) is 0 Å². The Morgan fingerprint density at radius 1 is 1.12 bits per heavy atom. The molecule has 16 heavy (non-hydrogen) atoms. The Labute approximate surface area is 104 Å². The molecular formula is C11H6BrN3S. The third-order valence-corrected chi connectivity index (χ3v) is 3.70. The van der Waals surface area contributed by atoms with E-state index in [9.17, 15) is 0 Å². The normalized spacial score (nSPS) is 10.8. The summed E-state index contributed by atoms with van der Waals surface area (Å²) in [7, 11) is 0. The van der Waals surface area contributed by atoms with E-state index in [2.05, 4.69) is 37.2 Å². The molecule has 0 saturated heterocycles. The zero-order chi connectivity index (χ0) is 11.0. The molecule has 3 nitrogen and oxygen atoms in total. The predicted octanol–water partition coefficient (Wildman–Crippen LogP) is 3.52.